The fourth-order valence-electron chi connectivity index (χ4n) is 3.08. The molecule has 0 bridgehead atoms. The van der Waals surface area contributed by atoms with Crippen LogP contribution in [0.15, 0.2) is 18.2 Å². The van der Waals surface area contributed by atoms with Crippen LogP contribution in [0.2, 0.25) is 0 Å². The Balaban J connectivity index is 1.92. The lowest BCUT2D eigenvalue weighted by atomic mass is 9.98. The Morgan fingerprint density at radius 3 is 2.75 bits per heavy atom. The van der Waals surface area contributed by atoms with E-state index in [9.17, 15) is 9.59 Å². The van der Waals surface area contributed by atoms with E-state index in [2.05, 4.69) is 0 Å². The van der Waals surface area contributed by atoms with Crippen LogP contribution in [0.1, 0.15) is 30.4 Å². The highest BCUT2D eigenvalue weighted by atomic mass is 16.5. The summed E-state index contributed by atoms with van der Waals surface area (Å²) in [5.41, 5.74) is 2.72. The van der Waals surface area contributed by atoms with Crippen molar-refractivity contribution in [1.29, 1.82) is 0 Å². The normalized spacial score (nSPS) is 26.6. The number of anilines is 1. The van der Waals surface area contributed by atoms with Crippen molar-refractivity contribution < 1.29 is 14.3 Å². The van der Waals surface area contributed by atoms with Gasteiger partial charge in [0.05, 0.1) is 17.7 Å². The molecule has 0 N–H and O–H groups in total. The summed E-state index contributed by atoms with van der Waals surface area (Å²) in [7, 11) is 0. The molecule has 2 aliphatic heterocycles. The molecule has 2 atom stereocenters. The van der Waals surface area contributed by atoms with Crippen LogP contribution < -0.4 is 4.90 Å². The molecule has 2 saturated heterocycles. The van der Waals surface area contributed by atoms with Gasteiger partial charge in [0.1, 0.15) is 0 Å². The summed E-state index contributed by atoms with van der Waals surface area (Å²) in [6, 6.07) is 5.84. The Hall–Kier alpha value is -1.68. The molecule has 20 heavy (non-hydrogen) atoms. The number of imide groups is 1. The molecule has 1 aromatic rings. The molecule has 2 heterocycles. The minimum absolute atomic E-state index is 0.0819. The Kier molecular flexibility index (Phi) is 3.34. The molecule has 0 aliphatic carbocycles. The van der Waals surface area contributed by atoms with Crippen LogP contribution in [0.4, 0.5) is 5.69 Å². The average Bonchev–Trinajstić information content (AvgIpc) is 3.02. The Morgan fingerprint density at radius 1 is 1.25 bits per heavy atom. The van der Waals surface area contributed by atoms with E-state index in [1.165, 1.54) is 4.90 Å². The van der Waals surface area contributed by atoms with Gasteiger partial charge in [-0.25, -0.2) is 4.90 Å². The number of amides is 2. The molecule has 0 spiro atoms. The SMILES string of the molecule is Cc1ccc(C)c(N2C(=O)C[C@H]([C@H]3CCCO3)C2=O)c1. The molecule has 2 fully saturated rings. The van der Waals surface area contributed by atoms with Gasteiger partial charge in [-0.3, -0.25) is 9.59 Å². The highest BCUT2D eigenvalue weighted by Crippen LogP contribution is 2.34. The number of nitrogens with zero attached hydrogens (tertiary/aromatic N) is 1. The van der Waals surface area contributed by atoms with Gasteiger partial charge in [-0.1, -0.05) is 12.1 Å². The third kappa shape index (κ3) is 2.14. The fourth-order valence-corrected chi connectivity index (χ4v) is 3.08. The minimum atomic E-state index is -0.301. The van der Waals surface area contributed by atoms with E-state index < -0.39 is 0 Å². The predicted octanol–water partition coefficient (Wildman–Crippen LogP) is 2.36. The summed E-state index contributed by atoms with van der Waals surface area (Å²) >= 11 is 0. The van der Waals surface area contributed by atoms with Crippen molar-refractivity contribution in [3.8, 4) is 0 Å². The maximum absolute atomic E-state index is 12.6. The molecular weight excluding hydrogens is 254 g/mol. The summed E-state index contributed by atoms with van der Waals surface area (Å²) in [4.78, 5) is 26.2. The Labute approximate surface area is 118 Å². The second kappa shape index (κ2) is 5.02. The van der Waals surface area contributed by atoms with Crippen LogP contribution in [0, 0.1) is 19.8 Å². The lowest BCUT2D eigenvalue weighted by Gasteiger charge is -2.19. The fraction of sp³-hybridized carbons (Fsp3) is 0.500. The Bertz CT molecular complexity index is 561. The van der Waals surface area contributed by atoms with Gasteiger partial charge in [0.25, 0.3) is 0 Å². The third-order valence-corrected chi connectivity index (χ3v) is 4.20. The van der Waals surface area contributed by atoms with Crippen molar-refractivity contribution in [3.05, 3.63) is 29.3 Å². The monoisotopic (exact) mass is 273 g/mol. The van der Waals surface area contributed by atoms with Crippen LogP contribution in [-0.2, 0) is 14.3 Å². The van der Waals surface area contributed by atoms with Crippen molar-refractivity contribution >= 4 is 17.5 Å². The Morgan fingerprint density at radius 2 is 2.05 bits per heavy atom. The zero-order chi connectivity index (χ0) is 14.3. The molecule has 0 radical (unpaired) electrons. The first-order valence-electron chi connectivity index (χ1n) is 7.13. The van der Waals surface area contributed by atoms with Gasteiger partial charge >= 0.3 is 0 Å². The van der Waals surface area contributed by atoms with Gasteiger partial charge in [-0.2, -0.15) is 0 Å². The first-order valence-corrected chi connectivity index (χ1v) is 7.13. The smallest absolute Gasteiger partial charge is 0.240 e. The van der Waals surface area contributed by atoms with Gasteiger partial charge in [-0.05, 0) is 43.9 Å². The number of benzene rings is 1. The summed E-state index contributed by atoms with van der Waals surface area (Å²) < 4.78 is 5.59. The second-order valence-corrected chi connectivity index (χ2v) is 5.72. The first kappa shape index (κ1) is 13.3. The van der Waals surface area contributed by atoms with Crippen LogP contribution >= 0.6 is 0 Å². The van der Waals surface area contributed by atoms with Crippen LogP contribution in [0.3, 0.4) is 0 Å². The molecule has 4 heteroatoms. The molecule has 0 saturated carbocycles. The van der Waals surface area contributed by atoms with E-state index in [0.717, 1.165) is 29.7 Å². The number of carbonyl (C=O) groups excluding carboxylic acids is 2. The van der Waals surface area contributed by atoms with E-state index in [1.54, 1.807) is 0 Å². The van der Waals surface area contributed by atoms with Gasteiger partial charge in [0.2, 0.25) is 11.8 Å². The van der Waals surface area contributed by atoms with Gasteiger partial charge in [-0.15, -0.1) is 0 Å². The number of aryl methyl sites for hydroxylation is 2. The standard InChI is InChI=1S/C16H19NO3/c1-10-5-6-11(2)13(8-10)17-15(18)9-12(16(17)19)14-4-3-7-20-14/h5-6,8,12,14H,3-4,7,9H2,1-2H3/t12-,14-/m1/s1. The van der Waals surface area contributed by atoms with Crippen molar-refractivity contribution in [2.45, 2.75) is 39.2 Å². The number of ether oxygens (including phenoxy) is 1. The molecule has 4 nitrogen and oxygen atoms in total. The number of carbonyl (C=O) groups is 2. The highest BCUT2D eigenvalue weighted by Gasteiger charge is 2.45. The quantitative estimate of drug-likeness (QED) is 0.777. The lowest BCUT2D eigenvalue weighted by molar-refractivity contribution is -0.124. The third-order valence-electron chi connectivity index (χ3n) is 4.20. The molecule has 3 rings (SSSR count). The largest absolute Gasteiger partial charge is 0.377 e. The second-order valence-electron chi connectivity index (χ2n) is 5.72. The topological polar surface area (TPSA) is 46.6 Å². The van der Waals surface area contributed by atoms with E-state index in [1.807, 2.05) is 32.0 Å². The zero-order valence-electron chi connectivity index (χ0n) is 11.9. The minimum Gasteiger partial charge on any atom is -0.377 e. The number of hydrogen-bond donors (Lipinski definition) is 0. The van der Waals surface area contributed by atoms with E-state index in [0.29, 0.717) is 6.61 Å². The lowest BCUT2D eigenvalue weighted by Crippen LogP contribution is -2.34. The number of rotatable bonds is 2. The highest BCUT2D eigenvalue weighted by molar-refractivity contribution is 6.21. The summed E-state index contributed by atoms with van der Waals surface area (Å²) in [6.45, 7) is 4.59. The molecular formula is C16H19NO3. The van der Waals surface area contributed by atoms with Gasteiger partial charge in [0.15, 0.2) is 0 Å². The van der Waals surface area contributed by atoms with Crippen LogP contribution in [0.25, 0.3) is 0 Å². The molecule has 2 aliphatic rings. The maximum atomic E-state index is 12.6. The predicted molar refractivity (Wildman–Crippen MR) is 75.5 cm³/mol. The van der Waals surface area contributed by atoms with Crippen molar-refractivity contribution in [3.63, 3.8) is 0 Å². The van der Waals surface area contributed by atoms with Gasteiger partial charge in [0, 0.05) is 13.0 Å². The van der Waals surface area contributed by atoms with Crippen molar-refractivity contribution in [1.82, 2.24) is 0 Å². The van der Waals surface area contributed by atoms with E-state index in [-0.39, 0.29) is 30.3 Å². The summed E-state index contributed by atoms with van der Waals surface area (Å²) in [5, 5.41) is 0. The summed E-state index contributed by atoms with van der Waals surface area (Å²) in [6.07, 6.45) is 2.05. The summed E-state index contributed by atoms with van der Waals surface area (Å²) in [5.74, 6) is -0.510. The van der Waals surface area contributed by atoms with E-state index >= 15 is 0 Å². The molecule has 0 unspecified atom stereocenters. The van der Waals surface area contributed by atoms with Crippen molar-refractivity contribution in [2.24, 2.45) is 5.92 Å². The first-order chi connectivity index (χ1) is 9.58. The van der Waals surface area contributed by atoms with Crippen molar-refractivity contribution in [2.75, 3.05) is 11.5 Å². The van der Waals surface area contributed by atoms with Crippen LogP contribution in [0.5, 0.6) is 0 Å². The molecule has 0 aromatic heterocycles. The average molecular weight is 273 g/mol. The molecule has 2 amide bonds. The van der Waals surface area contributed by atoms with Gasteiger partial charge < -0.3 is 4.74 Å². The number of hydrogen-bond acceptors (Lipinski definition) is 3. The molecule has 106 valence electrons. The maximum Gasteiger partial charge on any atom is 0.240 e. The molecule has 1 aromatic carbocycles. The van der Waals surface area contributed by atoms with Crippen LogP contribution in [-0.4, -0.2) is 24.5 Å². The van der Waals surface area contributed by atoms with E-state index in [4.69, 9.17) is 4.74 Å². The zero-order valence-corrected chi connectivity index (χ0v) is 11.9.